The first kappa shape index (κ1) is 17.4. The fraction of sp³-hybridized carbons (Fsp3) is 0.938. The summed E-state index contributed by atoms with van der Waals surface area (Å²) in [5.41, 5.74) is 0. The van der Waals surface area contributed by atoms with Crippen molar-refractivity contribution in [2.45, 2.75) is 78.0 Å². The molecule has 0 saturated heterocycles. The predicted molar refractivity (Wildman–Crippen MR) is 82.6 cm³/mol. The predicted octanol–water partition coefficient (Wildman–Crippen LogP) is 2.26. The van der Waals surface area contributed by atoms with Crippen LogP contribution >= 0.6 is 0 Å². The quantitative estimate of drug-likeness (QED) is 0.780. The molecule has 1 fully saturated rings. The normalized spacial score (nSPS) is 18.6. The smallest absolute Gasteiger partial charge is 0.236 e. The highest BCUT2D eigenvalue weighted by atomic mass is 16.3. The number of aliphatic hydroxyl groups is 1. The van der Waals surface area contributed by atoms with Crippen LogP contribution in [0, 0.1) is 0 Å². The molecule has 1 aliphatic rings. The molecule has 0 aromatic carbocycles. The van der Waals surface area contributed by atoms with Crippen LogP contribution in [0.3, 0.4) is 0 Å². The SMILES string of the molecule is CCN(C(=O)CN(CC(C)O)C(C)C)C1CCCCC1. The first-order valence-corrected chi connectivity index (χ1v) is 8.17. The summed E-state index contributed by atoms with van der Waals surface area (Å²) in [5.74, 6) is 0.216. The van der Waals surface area contributed by atoms with Crippen LogP contribution in [0.4, 0.5) is 0 Å². The molecule has 1 N–H and O–H groups in total. The average molecular weight is 284 g/mol. The molecular formula is C16H32N2O2. The monoisotopic (exact) mass is 284 g/mol. The number of carbonyl (C=O) groups is 1. The Morgan fingerprint density at radius 3 is 2.25 bits per heavy atom. The number of carbonyl (C=O) groups excluding carboxylic acids is 1. The van der Waals surface area contributed by atoms with Gasteiger partial charge in [-0.3, -0.25) is 9.69 Å². The van der Waals surface area contributed by atoms with Gasteiger partial charge in [-0.1, -0.05) is 19.3 Å². The molecule has 1 aliphatic carbocycles. The van der Waals surface area contributed by atoms with Gasteiger partial charge in [0.1, 0.15) is 0 Å². The van der Waals surface area contributed by atoms with E-state index in [1.807, 2.05) is 0 Å². The summed E-state index contributed by atoms with van der Waals surface area (Å²) in [4.78, 5) is 16.7. The van der Waals surface area contributed by atoms with Gasteiger partial charge in [-0.2, -0.15) is 0 Å². The standard InChI is InChI=1S/C16H32N2O2/c1-5-18(15-9-7-6-8-10-15)16(20)12-17(13(2)3)11-14(4)19/h13-15,19H,5-12H2,1-4H3. The Hall–Kier alpha value is -0.610. The molecule has 0 radical (unpaired) electrons. The summed E-state index contributed by atoms with van der Waals surface area (Å²) in [7, 11) is 0. The number of aliphatic hydroxyl groups excluding tert-OH is 1. The number of hydrogen-bond acceptors (Lipinski definition) is 3. The van der Waals surface area contributed by atoms with Crippen LogP contribution in [-0.4, -0.2) is 58.6 Å². The second kappa shape index (κ2) is 8.63. The van der Waals surface area contributed by atoms with Crippen LogP contribution in [0.15, 0.2) is 0 Å². The summed E-state index contributed by atoms with van der Waals surface area (Å²) in [6.07, 6.45) is 5.71. The van der Waals surface area contributed by atoms with Crippen molar-refractivity contribution in [1.29, 1.82) is 0 Å². The van der Waals surface area contributed by atoms with Gasteiger partial charge in [-0.05, 0) is 40.5 Å². The van der Waals surface area contributed by atoms with Crippen LogP contribution in [0.1, 0.15) is 59.8 Å². The largest absolute Gasteiger partial charge is 0.392 e. The molecule has 1 unspecified atom stereocenters. The lowest BCUT2D eigenvalue weighted by molar-refractivity contribution is -0.136. The van der Waals surface area contributed by atoms with Gasteiger partial charge in [-0.25, -0.2) is 0 Å². The van der Waals surface area contributed by atoms with Gasteiger partial charge in [-0.15, -0.1) is 0 Å². The lowest BCUT2D eigenvalue weighted by Crippen LogP contribution is -2.49. The Bertz CT molecular complexity index is 286. The van der Waals surface area contributed by atoms with Crippen molar-refractivity contribution in [2.24, 2.45) is 0 Å². The molecule has 0 spiro atoms. The first-order valence-electron chi connectivity index (χ1n) is 8.17. The van der Waals surface area contributed by atoms with E-state index in [2.05, 4.69) is 30.6 Å². The third-order valence-electron chi connectivity index (χ3n) is 4.24. The maximum absolute atomic E-state index is 12.6. The Morgan fingerprint density at radius 2 is 1.80 bits per heavy atom. The summed E-state index contributed by atoms with van der Waals surface area (Å²) in [6.45, 7) is 9.78. The van der Waals surface area contributed by atoms with E-state index in [1.165, 1.54) is 19.3 Å². The number of amides is 1. The van der Waals surface area contributed by atoms with Crippen LogP contribution in [-0.2, 0) is 4.79 Å². The molecule has 4 heteroatoms. The van der Waals surface area contributed by atoms with E-state index in [1.54, 1.807) is 6.92 Å². The van der Waals surface area contributed by atoms with E-state index in [9.17, 15) is 9.90 Å². The van der Waals surface area contributed by atoms with Crippen LogP contribution in [0.2, 0.25) is 0 Å². The number of hydrogen-bond donors (Lipinski definition) is 1. The zero-order chi connectivity index (χ0) is 15.1. The zero-order valence-electron chi connectivity index (χ0n) is 13.6. The van der Waals surface area contributed by atoms with Crippen LogP contribution < -0.4 is 0 Å². The molecule has 1 rings (SSSR count). The van der Waals surface area contributed by atoms with Gasteiger partial charge in [0.2, 0.25) is 5.91 Å². The van der Waals surface area contributed by atoms with E-state index in [-0.39, 0.29) is 11.9 Å². The van der Waals surface area contributed by atoms with Gasteiger partial charge < -0.3 is 10.0 Å². The highest BCUT2D eigenvalue weighted by Gasteiger charge is 2.26. The van der Waals surface area contributed by atoms with Crippen molar-refractivity contribution in [2.75, 3.05) is 19.6 Å². The van der Waals surface area contributed by atoms with Gasteiger partial charge in [0.05, 0.1) is 12.6 Å². The van der Waals surface area contributed by atoms with Crippen molar-refractivity contribution < 1.29 is 9.90 Å². The topological polar surface area (TPSA) is 43.8 Å². The second-order valence-electron chi connectivity index (χ2n) is 6.34. The van der Waals surface area contributed by atoms with Crippen LogP contribution in [0.5, 0.6) is 0 Å². The number of rotatable bonds is 7. The van der Waals surface area contributed by atoms with Crippen molar-refractivity contribution in [3.63, 3.8) is 0 Å². The molecule has 0 aliphatic heterocycles. The van der Waals surface area contributed by atoms with Gasteiger partial charge in [0.25, 0.3) is 0 Å². The summed E-state index contributed by atoms with van der Waals surface area (Å²) in [6, 6.07) is 0.709. The molecule has 118 valence electrons. The van der Waals surface area contributed by atoms with Crippen molar-refractivity contribution >= 4 is 5.91 Å². The van der Waals surface area contributed by atoms with Crippen molar-refractivity contribution in [3.05, 3.63) is 0 Å². The summed E-state index contributed by atoms with van der Waals surface area (Å²) < 4.78 is 0. The molecule has 1 saturated carbocycles. The molecule has 20 heavy (non-hydrogen) atoms. The minimum absolute atomic E-state index is 0.216. The molecule has 0 bridgehead atoms. The third-order valence-corrected chi connectivity index (χ3v) is 4.24. The van der Waals surface area contributed by atoms with E-state index in [4.69, 9.17) is 0 Å². The molecular weight excluding hydrogens is 252 g/mol. The summed E-state index contributed by atoms with van der Waals surface area (Å²) >= 11 is 0. The third kappa shape index (κ3) is 5.41. The van der Waals surface area contributed by atoms with E-state index in [0.29, 0.717) is 19.1 Å². The maximum atomic E-state index is 12.6. The molecule has 0 heterocycles. The van der Waals surface area contributed by atoms with E-state index in [0.717, 1.165) is 19.4 Å². The van der Waals surface area contributed by atoms with Crippen LogP contribution in [0.25, 0.3) is 0 Å². The fourth-order valence-electron chi connectivity index (χ4n) is 3.09. The van der Waals surface area contributed by atoms with Crippen molar-refractivity contribution in [3.8, 4) is 0 Å². The Balaban J connectivity index is 2.59. The van der Waals surface area contributed by atoms with Gasteiger partial charge in [0.15, 0.2) is 0 Å². The Labute approximate surface area is 124 Å². The molecule has 4 nitrogen and oxygen atoms in total. The highest BCUT2D eigenvalue weighted by Crippen LogP contribution is 2.22. The van der Waals surface area contributed by atoms with Gasteiger partial charge in [0, 0.05) is 25.2 Å². The lowest BCUT2D eigenvalue weighted by atomic mass is 9.94. The molecule has 0 aromatic heterocycles. The first-order chi connectivity index (χ1) is 9.45. The Morgan fingerprint density at radius 1 is 1.20 bits per heavy atom. The Kier molecular flexibility index (Phi) is 7.52. The molecule has 1 atom stereocenters. The van der Waals surface area contributed by atoms with E-state index < -0.39 is 6.10 Å². The average Bonchev–Trinajstić information content (AvgIpc) is 2.39. The highest BCUT2D eigenvalue weighted by molar-refractivity contribution is 5.78. The molecule has 0 aromatic rings. The van der Waals surface area contributed by atoms with E-state index >= 15 is 0 Å². The minimum atomic E-state index is -0.394. The summed E-state index contributed by atoms with van der Waals surface area (Å²) in [5, 5.41) is 9.56. The molecule has 1 amide bonds. The van der Waals surface area contributed by atoms with Crippen molar-refractivity contribution in [1.82, 2.24) is 9.80 Å². The number of nitrogens with zero attached hydrogens (tertiary/aromatic N) is 2. The second-order valence-corrected chi connectivity index (χ2v) is 6.34. The van der Waals surface area contributed by atoms with Gasteiger partial charge >= 0.3 is 0 Å². The number of likely N-dealkylation sites (N-methyl/N-ethyl adjacent to an activating group) is 1. The lowest BCUT2D eigenvalue weighted by Gasteiger charge is -2.36. The fourth-order valence-corrected chi connectivity index (χ4v) is 3.09. The maximum Gasteiger partial charge on any atom is 0.236 e. The zero-order valence-corrected chi connectivity index (χ0v) is 13.6. The minimum Gasteiger partial charge on any atom is -0.392 e.